The molecule has 0 radical (unpaired) electrons. The van der Waals surface area contributed by atoms with Crippen molar-refractivity contribution in [2.24, 2.45) is 5.41 Å². The topological polar surface area (TPSA) is 71.1 Å². The molecule has 6 nitrogen and oxygen atoms in total. The normalized spacial score (nSPS) is 18.4. The van der Waals surface area contributed by atoms with Crippen molar-refractivity contribution in [2.75, 3.05) is 27.9 Å². The Kier molecular flexibility index (Phi) is 6.05. The van der Waals surface area contributed by atoms with E-state index in [2.05, 4.69) is 0 Å². The lowest BCUT2D eigenvalue weighted by atomic mass is 9.94. The third-order valence-corrected chi connectivity index (χ3v) is 5.20. The molecule has 0 spiro atoms. The molecule has 0 aromatic heterocycles. The molecule has 2 atom stereocenters. The number of ether oxygens (including phenoxy) is 4. The van der Waals surface area contributed by atoms with Crippen molar-refractivity contribution in [3.8, 4) is 16.9 Å². The van der Waals surface area contributed by atoms with Gasteiger partial charge in [-0.15, -0.1) is 0 Å². The highest BCUT2D eigenvalue weighted by Crippen LogP contribution is 2.44. The predicted molar refractivity (Wildman–Crippen MR) is 108 cm³/mol. The van der Waals surface area contributed by atoms with Crippen LogP contribution in [0.5, 0.6) is 5.75 Å². The molecule has 2 aromatic carbocycles. The Morgan fingerprint density at radius 2 is 1.52 bits per heavy atom. The monoisotopic (exact) mass is 398 g/mol. The highest BCUT2D eigenvalue weighted by atomic mass is 16.5. The van der Waals surface area contributed by atoms with Gasteiger partial charge in [0.2, 0.25) is 0 Å². The highest BCUT2D eigenvalue weighted by molar-refractivity contribution is 6.06. The van der Waals surface area contributed by atoms with Crippen molar-refractivity contribution < 1.29 is 28.5 Å². The molecule has 0 N–H and O–H groups in total. The summed E-state index contributed by atoms with van der Waals surface area (Å²) in [5.74, 6) is 0.172. The van der Waals surface area contributed by atoms with Gasteiger partial charge in [-0.1, -0.05) is 36.4 Å². The molecule has 0 saturated carbocycles. The van der Waals surface area contributed by atoms with Gasteiger partial charge in [-0.05, 0) is 25.5 Å². The molecule has 1 aliphatic carbocycles. The fourth-order valence-electron chi connectivity index (χ4n) is 3.64. The molecule has 0 bridgehead atoms. The van der Waals surface area contributed by atoms with E-state index in [9.17, 15) is 9.59 Å². The Morgan fingerprint density at radius 1 is 0.897 bits per heavy atom. The number of carbonyl (C=O) groups excluding carboxylic acids is 2. The Balaban J connectivity index is 2.03. The van der Waals surface area contributed by atoms with Crippen LogP contribution in [0.4, 0.5) is 0 Å². The minimum atomic E-state index is -0.799. The summed E-state index contributed by atoms with van der Waals surface area (Å²) in [4.78, 5) is 24.7. The van der Waals surface area contributed by atoms with Crippen LogP contribution in [0.3, 0.4) is 0 Å². The molecule has 6 heteroatoms. The van der Waals surface area contributed by atoms with Gasteiger partial charge in [0, 0.05) is 30.9 Å². The van der Waals surface area contributed by atoms with Gasteiger partial charge in [-0.25, -0.2) is 0 Å². The van der Waals surface area contributed by atoms with Gasteiger partial charge in [0.1, 0.15) is 18.5 Å². The molecule has 29 heavy (non-hydrogen) atoms. The second-order valence-corrected chi connectivity index (χ2v) is 7.60. The number of esters is 1. The van der Waals surface area contributed by atoms with Crippen LogP contribution in [0.25, 0.3) is 11.1 Å². The molecule has 154 valence electrons. The summed E-state index contributed by atoms with van der Waals surface area (Å²) in [7, 11) is 4.43. The van der Waals surface area contributed by atoms with E-state index in [1.165, 1.54) is 14.2 Å². The predicted octanol–water partition coefficient (Wildman–Crippen LogP) is 3.83. The lowest BCUT2D eigenvalue weighted by Gasteiger charge is -2.23. The first-order valence-corrected chi connectivity index (χ1v) is 9.39. The van der Waals surface area contributed by atoms with E-state index in [1.54, 1.807) is 27.0 Å². The summed E-state index contributed by atoms with van der Waals surface area (Å²) in [6, 6.07) is 13.1. The van der Waals surface area contributed by atoms with Crippen LogP contribution in [0, 0.1) is 5.41 Å². The van der Waals surface area contributed by atoms with Gasteiger partial charge in [0.05, 0.1) is 12.5 Å². The number of Topliss-reactive ketones (excluding diaryl/α,β-unsaturated/α-hetero) is 1. The summed E-state index contributed by atoms with van der Waals surface area (Å²) in [5, 5.41) is 0. The second-order valence-electron chi connectivity index (χ2n) is 7.60. The van der Waals surface area contributed by atoms with E-state index in [0.717, 1.165) is 16.7 Å². The molecule has 0 aliphatic heterocycles. The zero-order valence-corrected chi connectivity index (χ0v) is 17.4. The van der Waals surface area contributed by atoms with Gasteiger partial charge in [-0.2, -0.15) is 0 Å². The number of fused-ring (bicyclic) bond motifs is 1. The van der Waals surface area contributed by atoms with Crippen LogP contribution >= 0.6 is 0 Å². The molecule has 0 saturated heterocycles. The summed E-state index contributed by atoms with van der Waals surface area (Å²) < 4.78 is 21.9. The van der Waals surface area contributed by atoms with E-state index in [4.69, 9.17) is 18.9 Å². The van der Waals surface area contributed by atoms with Crippen molar-refractivity contribution in [3.05, 3.63) is 53.6 Å². The fourth-order valence-corrected chi connectivity index (χ4v) is 3.64. The van der Waals surface area contributed by atoms with Crippen LogP contribution in [0.1, 0.15) is 35.9 Å². The number of methoxy groups -OCH3 is 3. The van der Waals surface area contributed by atoms with Crippen LogP contribution in [0.2, 0.25) is 0 Å². The van der Waals surface area contributed by atoms with Crippen LogP contribution in [-0.2, 0) is 19.0 Å². The first-order valence-electron chi connectivity index (χ1n) is 9.39. The van der Waals surface area contributed by atoms with Gasteiger partial charge in [0.15, 0.2) is 11.9 Å². The quantitative estimate of drug-likeness (QED) is 0.660. The molecule has 3 rings (SSSR count). The fraction of sp³-hybridized carbons (Fsp3) is 0.391. The standard InChI is InChI=1S/C23H26O6/c1-23(2,22(25)28-5)13-29-17-12-7-6-9-14(17)15-10-8-11-16-18(15)20(26-3)21(27-4)19(16)24/h6-12,20-21H,13H2,1-5H3. The van der Waals surface area contributed by atoms with Crippen molar-refractivity contribution in [1.29, 1.82) is 0 Å². The lowest BCUT2D eigenvalue weighted by molar-refractivity contribution is -0.152. The first-order chi connectivity index (χ1) is 13.9. The van der Waals surface area contributed by atoms with Crippen molar-refractivity contribution in [2.45, 2.75) is 26.1 Å². The average molecular weight is 398 g/mol. The minimum absolute atomic E-state index is 0.0959. The van der Waals surface area contributed by atoms with E-state index in [-0.39, 0.29) is 18.4 Å². The summed E-state index contributed by atoms with van der Waals surface area (Å²) >= 11 is 0. The highest BCUT2D eigenvalue weighted by Gasteiger charge is 2.42. The molecule has 0 heterocycles. The van der Waals surface area contributed by atoms with Gasteiger partial charge in [0.25, 0.3) is 0 Å². The van der Waals surface area contributed by atoms with Gasteiger partial charge >= 0.3 is 5.97 Å². The Labute approximate surface area is 170 Å². The van der Waals surface area contributed by atoms with Gasteiger partial charge in [-0.3, -0.25) is 9.59 Å². The molecule has 0 amide bonds. The van der Waals surface area contributed by atoms with Crippen molar-refractivity contribution in [1.82, 2.24) is 0 Å². The third-order valence-electron chi connectivity index (χ3n) is 5.20. The maximum Gasteiger partial charge on any atom is 0.314 e. The van der Waals surface area contributed by atoms with E-state index in [0.29, 0.717) is 11.3 Å². The molecule has 2 aromatic rings. The SMILES string of the molecule is COC(=O)C(C)(C)COc1ccccc1-c1cccc2c1C(OC)C(OC)C2=O. The Morgan fingerprint density at radius 3 is 2.17 bits per heavy atom. The molecule has 2 unspecified atom stereocenters. The number of para-hydroxylation sites is 1. The maximum atomic E-state index is 12.7. The lowest BCUT2D eigenvalue weighted by Crippen LogP contribution is -2.32. The molecule has 1 aliphatic rings. The van der Waals surface area contributed by atoms with Crippen LogP contribution in [0.15, 0.2) is 42.5 Å². The summed E-state index contributed by atoms with van der Waals surface area (Å²) in [5.41, 5.74) is 2.23. The summed E-state index contributed by atoms with van der Waals surface area (Å²) in [6.45, 7) is 3.69. The number of ketones is 1. The number of rotatable bonds is 7. The van der Waals surface area contributed by atoms with Crippen molar-refractivity contribution >= 4 is 11.8 Å². The molecule has 0 fully saturated rings. The largest absolute Gasteiger partial charge is 0.492 e. The van der Waals surface area contributed by atoms with Crippen LogP contribution in [-0.4, -0.2) is 45.8 Å². The van der Waals surface area contributed by atoms with Crippen molar-refractivity contribution in [3.63, 3.8) is 0 Å². The number of carbonyl (C=O) groups is 2. The Hall–Kier alpha value is -2.70. The zero-order valence-electron chi connectivity index (χ0n) is 17.4. The summed E-state index contributed by atoms with van der Waals surface area (Å²) in [6.07, 6.45) is -1.18. The zero-order chi connectivity index (χ0) is 21.2. The van der Waals surface area contributed by atoms with E-state index < -0.39 is 17.6 Å². The van der Waals surface area contributed by atoms with E-state index >= 15 is 0 Å². The smallest absolute Gasteiger partial charge is 0.314 e. The van der Waals surface area contributed by atoms with E-state index in [1.807, 2.05) is 36.4 Å². The van der Waals surface area contributed by atoms with Crippen LogP contribution < -0.4 is 4.74 Å². The number of hydrogen-bond acceptors (Lipinski definition) is 6. The molecular formula is C23H26O6. The Bertz CT molecular complexity index is 917. The average Bonchev–Trinajstić information content (AvgIpc) is 3.03. The minimum Gasteiger partial charge on any atom is -0.492 e. The molecular weight excluding hydrogens is 372 g/mol. The first kappa shape index (κ1) is 21.0. The maximum absolute atomic E-state index is 12.7. The second kappa shape index (κ2) is 8.35. The number of hydrogen-bond donors (Lipinski definition) is 0. The van der Waals surface area contributed by atoms with Gasteiger partial charge < -0.3 is 18.9 Å². The number of benzene rings is 2. The third kappa shape index (κ3) is 3.78.